The van der Waals surface area contributed by atoms with Crippen LogP contribution in [-0.4, -0.2) is 23.6 Å². The number of nitrogens with zero attached hydrogens (tertiary/aromatic N) is 2. The minimum absolute atomic E-state index is 0.251. The van der Waals surface area contributed by atoms with E-state index in [1.165, 1.54) is 24.8 Å². The first-order valence-corrected chi connectivity index (χ1v) is 7.49. The molecule has 1 aliphatic heterocycles. The lowest BCUT2D eigenvalue weighted by molar-refractivity contribution is 0.514. The van der Waals surface area contributed by atoms with Crippen LogP contribution in [0.15, 0.2) is 12.1 Å². The summed E-state index contributed by atoms with van der Waals surface area (Å²) in [5, 5.41) is 3.44. The van der Waals surface area contributed by atoms with Gasteiger partial charge in [-0.15, -0.1) is 0 Å². The number of pyridine rings is 1. The minimum atomic E-state index is 0.251. The second-order valence-electron chi connectivity index (χ2n) is 6.16. The van der Waals surface area contributed by atoms with E-state index in [0.717, 1.165) is 31.1 Å². The molecular weight excluding hydrogens is 234 g/mol. The van der Waals surface area contributed by atoms with Gasteiger partial charge in [-0.3, -0.25) is 0 Å². The van der Waals surface area contributed by atoms with Crippen molar-refractivity contribution in [1.82, 2.24) is 10.3 Å². The Morgan fingerprint density at radius 3 is 2.74 bits per heavy atom. The number of rotatable bonds is 5. The van der Waals surface area contributed by atoms with Gasteiger partial charge in [-0.2, -0.15) is 0 Å². The summed E-state index contributed by atoms with van der Waals surface area (Å²) in [5.74, 6) is 1.14. The van der Waals surface area contributed by atoms with E-state index in [9.17, 15) is 0 Å². The zero-order valence-corrected chi connectivity index (χ0v) is 12.8. The Morgan fingerprint density at radius 1 is 1.37 bits per heavy atom. The van der Waals surface area contributed by atoms with Gasteiger partial charge in [0.25, 0.3) is 0 Å². The zero-order valence-electron chi connectivity index (χ0n) is 12.8. The van der Waals surface area contributed by atoms with Crippen molar-refractivity contribution in [2.75, 3.05) is 18.0 Å². The van der Waals surface area contributed by atoms with Gasteiger partial charge in [0.05, 0.1) is 0 Å². The van der Waals surface area contributed by atoms with Crippen LogP contribution in [0.25, 0.3) is 0 Å². The SMILES string of the molecule is CCCNCc1ccc(N2CCCC2(C)C)nc1C. The lowest BCUT2D eigenvalue weighted by atomic mass is 10.0. The minimum Gasteiger partial charge on any atom is -0.351 e. The van der Waals surface area contributed by atoms with Gasteiger partial charge in [-0.05, 0) is 58.2 Å². The van der Waals surface area contributed by atoms with E-state index in [1.54, 1.807) is 0 Å². The molecule has 106 valence electrons. The third-order valence-electron chi connectivity index (χ3n) is 4.10. The molecule has 19 heavy (non-hydrogen) atoms. The molecule has 0 spiro atoms. The van der Waals surface area contributed by atoms with Crippen molar-refractivity contribution in [3.05, 3.63) is 23.4 Å². The highest BCUT2D eigenvalue weighted by Crippen LogP contribution is 2.32. The first-order valence-electron chi connectivity index (χ1n) is 7.49. The second kappa shape index (κ2) is 5.91. The number of anilines is 1. The number of aryl methyl sites for hydroxylation is 1. The molecule has 0 aliphatic carbocycles. The Labute approximate surface area is 117 Å². The molecule has 0 unspecified atom stereocenters. The monoisotopic (exact) mass is 261 g/mol. The van der Waals surface area contributed by atoms with E-state index >= 15 is 0 Å². The molecule has 2 heterocycles. The van der Waals surface area contributed by atoms with Crippen LogP contribution in [0.4, 0.5) is 5.82 Å². The molecule has 1 saturated heterocycles. The highest BCUT2D eigenvalue weighted by Gasteiger charge is 2.32. The smallest absolute Gasteiger partial charge is 0.129 e. The maximum atomic E-state index is 4.82. The quantitative estimate of drug-likeness (QED) is 0.825. The fourth-order valence-electron chi connectivity index (χ4n) is 2.85. The Kier molecular flexibility index (Phi) is 4.46. The normalized spacial score (nSPS) is 18.0. The largest absolute Gasteiger partial charge is 0.351 e. The van der Waals surface area contributed by atoms with Crippen LogP contribution in [0.1, 0.15) is 51.3 Å². The Morgan fingerprint density at radius 2 is 2.16 bits per heavy atom. The van der Waals surface area contributed by atoms with Gasteiger partial charge >= 0.3 is 0 Å². The molecule has 0 radical (unpaired) electrons. The molecule has 1 aromatic rings. The molecule has 1 N–H and O–H groups in total. The summed E-state index contributed by atoms with van der Waals surface area (Å²) in [4.78, 5) is 7.26. The van der Waals surface area contributed by atoms with Crippen molar-refractivity contribution in [3.8, 4) is 0 Å². The van der Waals surface area contributed by atoms with Crippen LogP contribution in [0.5, 0.6) is 0 Å². The Hall–Kier alpha value is -1.09. The van der Waals surface area contributed by atoms with Crippen molar-refractivity contribution in [2.24, 2.45) is 0 Å². The molecule has 0 aromatic carbocycles. The highest BCUT2D eigenvalue weighted by molar-refractivity contribution is 5.45. The third-order valence-corrected chi connectivity index (χ3v) is 4.10. The van der Waals surface area contributed by atoms with Gasteiger partial charge in [-0.1, -0.05) is 13.0 Å². The van der Waals surface area contributed by atoms with E-state index in [-0.39, 0.29) is 5.54 Å². The molecule has 2 rings (SSSR count). The summed E-state index contributed by atoms with van der Waals surface area (Å²) >= 11 is 0. The van der Waals surface area contributed by atoms with Gasteiger partial charge in [-0.25, -0.2) is 4.98 Å². The van der Waals surface area contributed by atoms with Crippen LogP contribution in [0.2, 0.25) is 0 Å². The predicted octanol–water partition coefficient (Wildman–Crippen LogP) is 3.27. The van der Waals surface area contributed by atoms with Crippen LogP contribution in [-0.2, 0) is 6.54 Å². The molecule has 0 atom stereocenters. The average Bonchev–Trinajstić information content (AvgIpc) is 2.71. The molecule has 0 amide bonds. The number of hydrogen-bond donors (Lipinski definition) is 1. The molecular formula is C16H27N3. The molecule has 3 nitrogen and oxygen atoms in total. The van der Waals surface area contributed by atoms with Crippen LogP contribution in [0, 0.1) is 6.92 Å². The van der Waals surface area contributed by atoms with E-state index < -0.39 is 0 Å². The lowest BCUT2D eigenvalue weighted by Crippen LogP contribution is -2.38. The van der Waals surface area contributed by atoms with Crippen LogP contribution >= 0.6 is 0 Å². The van der Waals surface area contributed by atoms with E-state index in [0.29, 0.717) is 0 Å². The van der Waals surface area contributed by atoms with Gasteiger partial charge in [0.2, 0.25) is 0 Å². The molecule has 1 aliphatic rings. The summed E-state index contributed by atoms with van der Waals surface area (Å²) < 4.78 is 0. The molecule has 1 aromatic heterocycles. The van der Waals surface area contributed by atoms with E-state index in [1.807, 2.05) is 0 Å². The molecule has 1 fully saturated rings. The molecule has 0 bridgehead atoms. The van der Waals surface area contributed by atoms with E-state index in [2.05, 4.69) is 50.0 Å². The maximum absolute atomic E-state index is 4.82. The lowest BCUT2D eigenvalue weighted by Gasteiger charge is -2.33. The first-order chi connectivity index (χ1) is 9.04. The summed E-state index contributed by atoms with van der Waals surface area (Å²) in [6.45, 7) is 12.1. The van der Waals surface area contributed by atoms with Gasteiger partial charge < -0.3 is 10.2 Å². The summed E-state index contributed by atoms with van der Waals surface area (Å²) in [7, 11) is 0. The zero-order chi connectivity index (χ0) is 13.9. The van der Waals surface area contributed by atoms with E-state index in [4.69, 9.17) is 4.98 Å². The Bertz CT molecular complexity index is 426. The van der Waals surface area contributed by atoms with Gasteiger partial charge in [0.1, 0.15) is 5.82 Å². The summed E-state index contributed by atoms with van der Waals surface area (Å²) in [5.41, 5.74) is 2.72. The predicted molar refractivity (Wildman–Crippen MR) is 81.6 cm³/mol. The second-order valence-corrected chi connectivity index (χ2v) is 6.16. The van der Waals surface area contributed by atoms with Crippen molar-refractivity contribution in [1.29, 1.82) is 0 Å². The fourth-order valence-corrected chi connectivity index (χ4v) is 2.85. The standard InChI is InChI=1S/C16H27N3/c1-5-10-17-12-14-7-8-15(18-13(14)2)19-11-6-9-16(19,3)4/h7-8,17H,5-6,9-12H2,1-4H3. The van der Waals surface area contributed by atoms with Gasteiger partial charge in [0, 0.05) is 24.3 Å². The first kappa shape index (κ1) is 14.3. The Balaban J connectivity index is 2.10. The van der Waals surface area contributed by atoms with Crippen molar-refractivity contribution in [3.63, 3.8) is 0 Å². The molecule has 0 saturated carbocycles. The fraction of sp³-hybridized carbons (Fsp3) is 0.688. The van der Waals surface area contributed by atoms with Crippen LogP contribution in [0.3, 0.4) is 0 Å². The third kappa shape index (κ3) is 3.27. The summed E-state index contributed by atoms with van der Waals surface area (Å²) in [6, 6.07) is 4.41. The number of aromatic nitrogens is 1. The highest BCUT2D eigenvalue weighted by atomic mass is 15.3. The molecule has 3 heteroatoms. The number of nitrogens with one attached hydrogen (secondary N) is 1. The van der Waals surface area contributed by atoms with Crippen molar-refractivity contribution < 1.29 is 0 Å². The number of hydrogen-bond acceptors (Lipinski definition) is 3. The average molecular weight is 261 g/mol. The van der Waals surface area contributed by atoms with Crippen molar-refractivity contribution in [2.45, 2.75) is 59.0 Å². The topological polar surface area (TPSA) is 28.2 Å². The maximum Gasteiger partial charge on any atom is 0.129 e. The van der Waals surface area contributed by atoms with Gasteiger partial charge in [0.15, 0.2) is 0 Å². The summed E-state index contributed by atoms with van der Waals surface area (Å²) in [6.07, 6.45) is 3.70. The van der Waals surface area contributed by atoms with Crippen LogP contribution < -0.4 is 10.2 Å². The van der Waals surface area contributed by atoms with Crippen molar-refractivity contribution >= 4 is 5.82 Å².